The van der Waals surface area contributed by atoms with Gasteiger partial charge in [0, 0.05) is 12.6 Å². The van der Waals surface area contributed by atoms with Gasteiger partial charge in [-0.2, -0.15) is 0 Å². The smallest absolute Gasteiger partial charge is 0.239 e. The molecule has 0 spiro atoms. The number of hydrogen-bond acceptors (Lipinski definition) is 1. The zero-order valence-electron chi connectivity index (χ0n) is 11.9. The second-order valence-electron chi connectivity index (χ2n) is 5.97. The van der Waals surface area contributed by atoms with Gasteiger partial charge in [-0.1, -0.05) is 46.3 Å². The lowest BCUT2D eigenvalue weighted by Crippen LogP contribution is -2.46. The van der Waals surface area contributed by atoms with Gasteiger partial charge in [-0.25, -0.2) is 0 Å². The number of halogens is 1. The van der Waals surface area contributed by atoms with Gasteiger partial charge in [-0.05, 0) is 45.1 Å². The topological polar surface area (TPSA) is 20.3 Å². The molecule has 1 aliphatic rings. The van der Waals surface area contributed by atoms with Crippen molar-refractivity contribution in [3.63, 3.8) is 0 Å². The van der Waals surface area contributed by atoms with E-state index in [2.05, 4.69) is 35.0 Å². The molecule has 0 radical (unpaired) electrons. The minimum Gasteiger partial charge on any atom is -0.334 e. The Kier molecular flexibility index (Phi) is 4.34. The first kappa shape index (κ1) is 14.6. The molecule has 1 aliphatic carbocycles. The molecule has 1 saturated carbocycles. The van der Waals surface area contributed by atoms with Crippen LogP contribution in [0.1, 0.15) is 39.2 Å². The van der Waals surface area contributed by atoms with Crippen molar-refractivity contribution in [1.82, 2.24) is 4.90 Å². The van der Waals surface area contributed by atoms with Crippen molar-refractivity contribution in [3.05, 3.63) is 35.9 Å². The standard InChI is InChI=1S/C16H22BrNO/c1-12(14-9-10-14)18(15(19)16(2,3)17)11-13-7-5-4-6-8-13/h4-8,12,14H,9-11H2,1-3H3. The van der Waals surface area contributed by atoms with E-state index < -0.39 is 4.32 Å². The number of nitrogens with zero attached hydrogens (tertiary/aromatic N) is 1. The highest BCUT2D eigenvalue weighted by Gasteiger charge is 2.38. The van der Waals surface area contributed by atoms with Gasteiger partial charge in [0.25, 0.3) is 0 Å². The minimum atomic E-state index is -0.495. The van der Waals surface area contributed by atoms with Crippen molar-refractivity contribution >= 4 is 21.8 Å². The molecule has 1 fully saturated rings. The quantitative estimate of drug-likeness (QED) is 0.750. The van der Waals surface area contributed by atoms with Crippen LogP contribution in [-0.4, -0.2) is 21.2 Å². The Morgan fingerprint density at radius 2 is 1.95 bits per heavy atom. The second-order valence-corrected chi connectivity index (χ2v) is 7.95. The van der Waals surface area contributed by atoms with Crippen LogP contribution >= 0.6 is 15.9 Å². The van der Waals surface area contributed by atoms with Crippen LogP contribution in [0.25, 0.3) is 0 Å². The van der Waals surface area contributed by atoms with Gasteiger partial charge in [0.15, 0.2) is 0 Å². The van der Waals surface area contributed by atoms with E-state index in [9.17, 15) is 4.79 Å². The van der Waals surface area contributed by atoms with E-state index in [0.29, 0.717) is 18.5 Å². The van der Waals surface area contributed by atoms with Crippen LogP contribution in [0.5, 0.6) is 0 Å². The Morgan fingerprint density at radius 1 is 1.37 bits per heavy atom. The van der Waals surface area contributed by atoms with E-state index in [1.165, 1.54) is 18.4 Å². The molecule has 19 heavy (non-hydrogen) atoms. The highest BCUT2D eigenvalue weighted by Crippen LogP contribution is 2.37. The number of carbonyl (C=O) groups excluding carboxylic acids is 1. The fraction of sp³-hybridized carbons (Fsp3) is 0.562. The monoisotopic (exact) mass is 323 g/mol. The molecule has 0 N–H and O–H groups in total. The van der Waals surface area contributed by atoms with Crippen LogP contribution < -0.4 is 0 Å². The molecule has 0 heterocycles. The summed E-state index contributed by atoms with van der Waals surface area (Å²) in [5, 5.41) is 0. The van der Waals surface area contributed by atoms with E-state index in [1.54, 1.807) is 0 Å². The van der Waals surface area contributed by atoms with Crippen molar-refractivity contribution in [1.29, 1.82) is 0 Å². The van der Waals surface area contributed by atoms with Crippen LogP contribution in [0, 0.1) is 5.92 Å². The number of amides is 1. The number of carbonyl (C=O) groups is 1. The molecule has 1 unspecified atom stereocenters. The van der Waals surface area contributed by atoms with E-state index in [0.717, 1.165) is 0 Å². The molecule has 2 rings (SSSR count). The van der Waals surface area contributed by atoms with Crippen LogP contribution in [-0.2, 0) is 11.3 Å². The molecule has 0 aromatic heterocycles. The molecule has 1 aromatic rings. The summed E-state index contributed by atoms with van der Waals surface area (Å²) in [7, 11) is 0. The van der Waals surface area contributed by atoms with Crippen molar-refractivity contribution < 1.29 is 4.79 Å². The SMILES string of the molecule is CC(C1CC1)N(Cc1ccccc1)C(=O)C(C)(C)Br. The summed E-state index contributed by atoms with van der Waals surface area (Å²) in [6, 6.07) is 10.6. The van der Waals surface area contributed by atoms with E-state index in [4.69, 9.17) is 0 Å². The summed E-state index contributed by atoms with van der Waals surface area (Å²) in [5.74, 6) is 0.860. The molecule has 3 heteroatoms. The van der Waals surface area contributed by atoms with Crippen LogP contribution in [0.2, 0.25) is 0 Å². The average Bonchev–Trinajstić information content (AvgIpc) is 3.18. The van der Waals surface area contributed by atoms with Crippen molar-refractivity contribution in [2.45, 2.75) is 50.5 Å². The molecule has 1 aromatic carbocycles. The summed E-state index contributed by atoms with van der Waals surface area (Å²) in [5.41, 5.74) is 1.19. The molecule has 1 atom stereocenters. The molecule has 0 aliphatic heterocycles. The van der Waals surface area contributed by atoms with Crippen molar-refractivity contribution in [2.75, 3.05) is 0 Å². The van der Waals surface area contributed by atoms with Crippen molar-refractivity contribution in [2.24, 2.45) is 5.92 Å². The lowest BCUT2D eigenvalue weighted by atomic mass is 10.1. The van der Waals surface area contributed by atoms with Gasteiger partial charge in [-0.3, -0.25) is 4.79 Å². The Balaban J connectivity index is 2.16. The normalized spacial score (nSPS) is 17.1. The highest BCUT2D eigenvalue weighted by molar-refractivity contribution is 9.10. The summed E-state index contributed by atoms with van der Waals surface area (Å²) in [6.45, 7) is 6.73. The second kappa shape index (κ2) is 5.66. The lowest BCUT2D eigenvalue weighted by molar-refractivity contribution is -0.136. The van der Waals surface area contributed by atoms with Gasteiger partial charge in [-0.15, -0.1) is 0 Å². The van der Waals surface area contributed by atoms with Crippen molar-refractivity contribution in [3.8, 4) is 0 Å². The largest absolute Gasteiger partial charge is 0.334 e. The zero-order chi connectivity index (χ0) is 14.0. The fourth-order valence-electron chi connectivity index (χ4n) is 2.36. The van der Waals surface area contributed by atoms with Gasteiger partial charge in [0.1, 0.15) is 0 Å². The molecule has 1 amide bonds. The zero-order valence-corrected chi connectivity index (χ0v) is 13.5. The molecule has 0 bridgehead atoms. The number of rotatable bonds is 5. The average molecular weight is 324 g/mol. The third-order valence-corrected chi connectivity index (χ3v) is 4.10. The predicted molar refractivity (Wildman–Crippen MR) is 82.2 cm³/mol. The number of hydrogen-bond donors (Lipinski definition) is 0. The maximum Gasteiger partial charge on any atom is 0.239 e. The Morgan fingerprint density at radius 3 is 2.42 bits per heavy atom. The highest BCUT2D eigenvalue weighted by atomic mass is 79.9. The summed E-state index contributed by atoms with van der Waals surface area (Å²) in [4.78, 5) is 14.7. The van der Waals surface area contributed by atoms with E-state index >= 15 is 0 Å². The Bertz CT molecular complexity index is 434. The van der Waals surface area contributed by atoms with Crippen LogP contribution in [0.15, 0.2) is 30.3 Å². The maximum atomic E-state index is 12.6. The summed E-state index contributed by atoms with van der Waals surface area (Å²) in [6.07, 6.45) is 2.50. The Labute approximate surface area is 124 Å². The first-order chi connectivity index (χ1) is 8.89. The minimum absolute atomic E-state index is 0.177. The maximum absolute atomic E-state index is 12.6. The molecular formula is C16H22BrNO. The summed E-state index contributed by atoms with van der Waals surface area (Å²) >= 11 is 3.50. The van der Waals surface area contributed by atoms with Gasteiger partial charge in [0.2, 0.25) is 5.91 Å². The number of alkyl halides is 1. The summed E-state index contributed by atoms with van der Waals surface area (Å²) < 4.78 is -0.495. The Hall–Kier alpha value is -0.830. The molecule has 2 nitrogen and oxygen atoms in total. The predicted octanol–water partition coefficient (Wildman–Crippen LogP) is 3.99. The van der Waals surface area contributed by atoms with Gasteiger partial charge < -0.3 is 4.90 Å². The molecule has 104 valence electrons. The van der Waals surface area contributed by atoms with E-state index in [-0.39, 0.29) is 5.91 Å². The fourth-order valence-corrected chi connectivity index (χ4v) is 2.58. The van der Waals surface area contributed by atoms with Crippen LogP contribution in [0.4, 0.5) is 0 Å². The first-order valence-corrected chi connectivity index (χ1v) is 7.73. The first-order valence-electron chi connectivity index (χ1n) is 6.93. The number of benzene rings is 1. The molecule has 0 saturated heterocycles. The van der Waals surface area contributed by atoms with Gasteiger partial charge in [0.05, 0.1) is 4.32 Å². The van der Waals surface area contributed by atoms with Crippen LogP contribution in [0.3, 0.4) is 0 Å². The third-order valence-electron chi connectivity index (χ3n) is 3.76. The molecular weight excluding hydrogens is 302 g/mol. The van der Waals surface area contributed by atoms with Gasteiger partial charge >= 0.3 is 0 Å². The third kappa shape index (κ3) is 3.82. The lowest BCUT2D eigenvalue weighted by Gasteiger charge is -2.34. The van der Waals surface area contributed by atoms with E-state index in [1.807, 2.05) is 36.9 Å².